The van der Waals surface area contributed by atoms with Crippen molar-refractivity contribution in [3.63, 3.8) is 0 Å². The summed E-state index contributed by atoms with van der Waals surface area (Å²) >= 11 is 6.03. The van der Waals surface area contributed by atoms with Crippen molar-refractivity contribution in [3.8, 4) is 0 Å². The minimum Gasteiger partial charge on any atom is -0.399 e. The number of hydrogen-bond acceptors (Lipinski definition) is 2. The number of nitrogen functional groups attached to an aromatic ring is 1. The van der Waals surface area contributed by atoms with E-state index in [-0.39, 0.29) is 5.25 Å². The molecule has 15 heavy (non-hydrogen) atoms. The predicted octanol–water partition coefficient (Wildman–Crippen LogP) is 2.97. The first-order valence-corrected chi connectivity index (χ1v) is 6.73. The van der Waals surface area contributed by atoms with Gasteiger partial charge in [-0.15, -0.1) is 0 Å². The molecule has 0 aromatic heterocycles. The van der Waals surface area contributed by atoms with Crippen LogP contribution in [0.1, 0.15) is 25.7 Å². The number of hydrogen-bond donors (Lipinski definition) is 1. The molecule has 0 heterocycles. The van der Waals surface area contributed by atoms with E-state index in [9.17, 15) is 4.21 Å². The number of rotatable bonds is 2. The van der Waals surface area contributed by atoms with Crippen molar-refractivity contribution in [2.24, 2.45) is 0 Å². The number of halogens is 1. The molecule has 2 rings (SSSR count). The number of nitrogens with two attached hydrogens (primary N) is 1. The van der Waals surface area contributed by atoms with Crippen LogP contribution >= 0.6 is 11.6 Å². The van der Waals surface area contributed by atoms with Gasteiger partial charge in [-0.3, -0.25) is 4.21 Å². The summed E-state index contributed by atoms with van der Waals surface area (Å²) in [5, 5.41) is 0.811. The maximum Gasteiger partial charge on any atom is 0.0588 e. The van der Waals surface area contributed by atoms with Crippen LogP contribution in [0.2, 0.25) is 5.02 Å². The highest BCUT2D eigenvalue weighted by atomic mass is 35.5. The molecule has 0 amide bonds. The summed E-state index contributed by atoms with van der Waals surface area (Å²) in [6.45, 7) is 0. The van der Waals surface area contributed by atoms with Gasteiger partial charge in [0.1, 0.15) is 0 Å². The lowest BCUT2D eigenvalue weighted by molar-refractivity contribution is 0.669. The van der Waals surface area contributed by atoms with Crippen LogP contribution in [-0.4, -0.2) is 9.46 Å². The molecule has 1 fully saturated rings. The van der Waals surface area contributed by atoms with Crippen molar-refractivity contribution < 1.29 is 4.21 Å². The Hall–Kier alpha value is -0.540. The minimum atomic E-state index is -0.966. The summed E-state index contributed by atoms with van der Waals surface area (Å²) in [7, 11) is -0.966. The standard InChI is InChI=1S/C11H14ClNOS/c12-10-7-8(13)5-6-11(10)15(14)9-3-1-2-4-9/h5-7,9H,1-4,13H2. The molecule has 0 radical (unpaired) electrons. The molecule has 0 aliphatic heterocycles. The highest BCUT2D eigenvalue weighted by Gasteiger charge is 2.23. The highest BCUT2D eigenvalue weighted by Crippen LogP contribution is 2.30. The van der Waals surface area contributed by atoms with E-state index in [2.05, 4.69) is 0 Å². The molecule has 2 N–H and O–H groups in total. The highest BCUT2D eigenvalue weighted by molar-refractivity contribution is 7.85. The second-order valence-electron chi connectivity index (χ2n) is 3.89. The maximum atomic E-state index is 12.2. The van der Waals surface area contributed by atoms with Crippen molar-refractivity contribution in [2.75, 3.05) is 5.73 Å². The summed E-state index contributed by atoms with van der Waals surface area (Å²) in [4.78, 5) is 0.734. The predicted molar refractivity (Wildman–Crippen MR) is 64.5 cm³/mol. The first kappa shape index (κ1) is 11.0. The average Bonchev–Trinajstić information content (AvgIpc) is 2.69. The van der Waals surface area contributed by atoms with Crippen LogP contribution in [0.25, 0.3) is 0 Å². The van der Waals surface area contributed by atoms with E-state index < -0.39 is 10.8 Å². The number of benzene rings is 1. The lowest BCUT2D eigenvalue weighted by atomic mass is 10.3. The second kappa shape index (κ2) is 4.54. The molecule has 0 bridgehead atoms. The van der Waals surface area contributed by atoms with Crippen LogP contribution < -0.4 is 5.73 Å². The lowest BCUT2D eigenvalue weighted by Crippen LogP contribution is -2.10. The van der Waals surface area contributed by atoms with Gasteiger partial charge >= 0.3 is 0 Å². The zero-order valence-electron chi connectivity index (χ0n) is 8.41. The summed E-state index contributed by atoms with van der Waals surface area (Å²) in [5.41, 5.74) is 6.22. The first-order valence-electron chi connectivity index (χ1n) is 5.14. The van der Waals surface area contributed by atoms with Gasteiger partial charge in [-0.1, -0.05) is 24.4 Å². The third kappa shape index (κ3) is 2.34. The average molecular weight is 244 g/mol. The molecule has 1 aliphatic carbocycles. The molecule has 0 saturated heterocycles. The van der Waals surface area contributed by atoms with Crippen LogP contribution in [0.4, 0.5) is 5.69 Å². The third-order valence-corrected chi connectivity index (χ3v) is 5.07. The summed E-state index contributed by atoms with van der Waals surface area (Å²) in [5.74, 6) is 0. The van der Waals surface area contributed by atoms with E-state index >= 15 is 0 Å². The topological polar surface area (TPSA) is 43.1 Å². The fourth-order valence-electron chi connectivity index (χ4n) is 1.96. The Morgan fingerprint density at radius 3 is 2.60 bits per heavy atom. The Morgan fingerprint density at radius 2 is 2.00 bits per heavy atom. The Labute approximate surface area is 97.3 Å². The normalized spacial score (nSPS) is 19.3. The largest absolute Gasteiger partial charge is 0.399 e. The van der Waals surface area contributed by atoms with Gasteiger partial charge in [0.15, 0.2) is 0 Å². The van der Waals surface area contributed by atoms with E-state index in [0.29, 0.717) is 10.7 Å². The third-order valence-electron chi connectivity index (χ3n) is 2.78. The summed E-state index contributed by atoms with van der Waals surface area (Å²) in [6.07, 6.45) is 4.46. The van der Waals surface area contributed by atoms with Gasteiger partial charge in [0.05, 0.1) is 20.7 Å². The van der Waals surface area contributed by atoms with Crippen molar-refractivity contribution in [2.45, 2.75) is 35.8 Å². The molecule has 1 unspecified atom stereocenters. The van der Waals surface area contributed by atoms with Crippen LogP contribution in [0, 0.1) is 0 Å². The van der Waals surface area contributed by atoms with Crippen LogP contribution in [-0.2, 0) is 10.8 Å². The molecular formula is C11H14ClNOS. The molecule has 82 valence electrons. The van der Waals surface area contributed by atoms with Crippen LogP contribution in [0.5, 0.6) is 0 Å². The van der Waals surface area contributed by atoms with Crippen LogP contribution in [0.3, 0.4) is 0 Å². The molecule has 1 saturated carbocycles. The van der Waals surface area contributed by atoms with Gasteiger partial charge in [0.2, 0.25) is 0 Å². The Balaban J connectivity index is 2.24. The first-order chi connectivity index (χ1) is 7.18. The minimum absolute atomic E-state index is 0.283. The fourth-order valence-corrected chi connectivity index (χ4v) is 3.95. The van der Waals surface area contributed by atoms with Crippen molar-refractivity contribution in [1.29, 1.82) is 0 Å². The molecule has 0 spiro atoms. The van der Waals surface area contributed by atoms with Crippen LogP contribution in [0.15, 0.2) is 23.1 Å². The van der Waals surface area contributed by atoms with Gasteiger partial charge < -0.3 is 5.73 Å². The molecular weight excluding hydrogens is 230 g/mol. The van der Waals surface area contributed by atoms with E-state index in [1.165, 1.54) is 12.8 Å². The quantitative estimate of drug-likeness (QED) is 0.812. The van der Waals surface area contributed by atoms with E-state index in [1.54, 1.807) is 18.2 Å². The van der Waals surface area contributed by atoms with Gasteiger partial charge in [0.25, 0.3) is 0 Å². The van der Waals surface area contributed by atoms with Crippen molar-refractivity contribution in [3.05, 3.63) is 23.2 Å². The lowest BCUT2D eigenvalue weighted by Gasteiger charge is -2.10. The van der Waals surface area contributed by atoms with Gasteiger partial charge in [-0.2, -0.15) is 0 Å². The zero-order chi connectivity index (χ0) is 10.8. The molecule has 1 atom stereocenters. The fraction of sp³-hybridized carbons (Fsp3) is 0.455. The Bertz CT molecular complexity index is 388. The molecule has 1 aliphatic rings. The molecule has 1 aromatic rings. The van der Waals surface area contributed by atoms with E-state index in [4.69, 9.17) is 17.3 Å². The summed E-state index contributed by atoms with van der Waals surface area (Å²) in [6, 6.07) is 5.21. The summed E-state index contributed by atoms with van der Waals surface area (Å²) < 4.78 is 12.2. The maximum absolute atomic E-state index is 12.2. The monoisotopic (exact) mass is 243 g/mol. The smallest absolute Gasteiger partial charge is 0.0588 e. The molecule has 1 aromatic carbocycles. The van der Waals surface area contributed by atoms with Gasteiger partial charge in [-0.05, 0) is 31.0 Å². The van der Waals surface area contributed by atoms with Crippen molar-refractivity contribution >= 4 is 28.1 Å². The Morgan fingerprint density at radius 1 is 1.33 bits per heavy atom. The van der Waals surface area contributed by atoms with E-state index in [0.717, 1.165) is 17.7 Å². The van der Waals surface area contributed by atoms with Gasteiger partial charge in [0, 0.05) is 10.9 Å². The van der Waals surface area contributed by atoms with Gasteiger partial charge in [-0.25, -0.2) is 0 Å². The second-order valence-corrected chi connectivity index (χ2v) is 6.00. The molecule has 4 heteroatoms. The van der Waals surface area contributed by atoms with E-state index in [1.807, 2.05) is 0 Å². The molecule has 2 nitrogen and oxygen atoms in total. The number of anilines is 1. The SMILES string of the molecule is Nc1ccc(S(=O)C2CCCC2)c(Cl)c1. The Kier molecular flexibility index (Phi) is 3.32. The zero-order valence-corrected chi connectivity index (χ0v) is 9.98. The van der Waals surface area contributed by atoms with Crippen molar-refractivity contribution in [1.82, 2.24) is 0 Å².